The number of hydrogen-bond acceptors (Lipinski definition) is 7. The van der Waals surface area contributed by atoms with Crippen LogP contribution < -0.4 is 10.2 Å². The number of unbranched alkanes of at least 4 members (excludes halogenated alkanes) is 1. The highest BCUT2D eigenvalue weighted by atomic mass is 32.2. The third-order valence-corrected chi connectivity index (χ3v) is 5.22. The molecule has 0 unspecified atom stereocenters. The molecule has 0 saturated heterocycles. The predicted octanol–water partition coefficient (Wildman–Crippen LogP) is 4.68. The van der Waals surface area contributed by atoms with Crippen molar-refractivity contribution in [3.05, 3.63) is 69.6 Å². The SMILES string of the molecule is CCCCOc1ccc(-c2nnc3n2NC(c2cccc([N+](=O)[O-])c2)=CS3)cc1. The molecule has 0 atom stereocenters. The second-order valence-electron chi connectivity index (χ2n) is 6.44. The maximum Gasteiger partial charge on any atom is 0.270 e. The molecule has 1 aliphatic rings. The van der Waals surface area contributed by atoms with Gasteiger partial charge in [0.25, 0.3) is 5.69 Å². The van der Waals surface area contributed by atoms with Crippen LogP contribution in [-0.2, 0) is 0 Å². The number of fused-ring (bicyclic) bond motifs is 1. The van der Waals surface area contributed by atoms with E-state index in [9.17, 15) is 10.1 Å². The largest absolute Gasteiger partial charge is 0.494 e. The number of benzene rings is 2. The molecule has 2 heterocycles. The number of nitrogens with one attached hydrogen (secondary N) is 1. The molecule has 3 aromatic rings. The number of nitro benzene ring substituents is 1. The Kier molecular flexibility index (Phi) is 5.48. The van der Waals surface area contributed by atoms with E-state index in [1.165, 1.54) is 23.9 Å². The summed E-state index contributed by atoms with van der Waals surface area (Å²) in [6.07, 6.45) is 2.11. The monoisotopic (exact) mass is 409 g/mol. The fraction of sp³-hybridized carbons (Fsp3) is 0.200. The summed E-state index contributed by atoms with van der Waals surface area (Å²) in [6, 6.07) is 14.2. The Hall–Kier alpha value is -3.33. The molecule has 1 N–H and O–H groups in total. The second kappa shape index (κ2) is 8.36. The minimum absolute atomic E-state index is 0.0450. The number of rotatable bonds is 7. The summed E-state index contributed by atoms with van der Waals surface area (Å²) in [5, 5.41) is 22.1. The van der Waals surface area contributed by atoms with Crippen molar-refractivity contribution in [3.8, 4) is 17.1 Å². The van der Waals surface area contributed by atoms with Gasteiger partial charge in [0.1, 0.15) is 5.75 Å². The molecular formula is C20H19N5O3S. The molecule has 1 aromatic heterocycles. The Bertz CT molecular complexity index is 1060. The van der Waals surface area contributed by atoms with Gasteiger partial charge in [0.2, 0.25) is 5.16 Å². The number of thioether (sulfide) groups is 1. The third-order valence-electron chi connectivity index (χ3n) is 4.39. The topological polar surface area (TPSA) is 95.1 Å². The number of ether oxygens (including phenoxy) is 1. The van der Waals surface area contributed by atoms with Gasteiger partial charge in [0.15, 0.2) is 5.82 Å². The van der Waals surface area contributed by atoms with Crippen molar-refractivity contribution >= 4 is 23.1 Å². The lowest BCUT2D eigenvalue weighted by atomic mass is 10.1. The first-order chi connectivity index (χ1) is 14.2. The number of nitro groups is 1. The molecule has 0 amide bonds. The van der Waals surface area contributed by atoms with Crippen LogP contribution in [0.5, 0.6) is 5.75 Å². The van der Waals surface area contributed by atoms with Crippen LogP contribution in [0, 0.1) is 10.1 Å². The standard InChI is InChI=1S/C20H19N5O3S/c1-2-3-11-28-17-9-7-14(8-10-17)19-21-22-20-24(19)23-18(13-29-20)15-5-4-6-16(12-15)25(26)27/h4-10,12-13,23H,2-3,11H2,1H3. The summed E-state index contributed by atoms with van der Waals surface area (Å²) in [6.45, 7) is 2.83. The molecule has 8 nitrogen and oxygen atoms in total. The van der Waals surface area contributed by atoms with Gasteiger partial charge >= 0.3 is 0 Å². The van der Waals surface area contributed by atoms with Crippen molar-refractivity contribution in [1.82, 2.24) is 14.9 Å². The Morgan fingerprint density at radius 1 is 1.17 bits per heavy atom. The minimum Gasteiger partial charge on any atom is -0.494 e. The first-order valence-corrected chi connectivity index (χ1v) is 10.1. The molecule has 2 aromatic carbocycles. The molecule has 1 aliphatic heterocycles. The molecule has 0 fully saturated rings. The van der Waals surface area contributed by atoms with Gasteiger partial charge in [-0.05, 0) is 30.7 Å². The van der Waals surface area contributed by atoms with Gasteiger partial charge in [-0.15, -0.1) is 10.2 Å². The van der Waals surface area contributed by atoms with Crippen molar-refractivity contribution < 1.29 is 9.66 Å². The average Bonchev–Trinajstić information content (AvgIpc) is 3.18. The van der Waals surface area contributed by atoms with E-state index in [-0.39, 0.29) is 5.69 Å². The lowest BCUT2D eigenvalue weighted by molar-refractivity contribution is -0.384. The summed E-state index contributed by atoms with van der Waals surface area (Å²) in [5.74, 6) is 1.48. The maximum atomic E-state index is 11.1. The number of non-ortho nitro benzene ring substituents is 1. The van der Waals surface area contributed by atoms with Crippen LogP contribution in [0.15, 0.2) is 59.1 Å². The quantitative estimate of drug-likeness (QED) is 0.344. The van der Waals surface area contributed by atoms with E-state index in [1.54, 1.807) is 10.7 Å². The highest BCUT2D eigenvalue weighted by Gasteiger charge is 2.20. The van der Waals surface area contributed by atoms with Crippen LogP contribution in [0.1, 0.15) is 25.3 Å². The van der Waals surface area contributed by atoms with Gasteiger partial charge in [-0.2, -0.15) is 0 Å². The Balaban J connectivity index is 1.56. The molecular weight excluding hydrogens is 390 g/mol. The van der Waals surface area contributed by atoms with E-state index in [2.05, 4.69) is 22.5 Å². The first kappa shape index (κ1) is 19.0. The highest BCUT2D eigenvalue weighted by Crippen LogP contribution is 2.32. The number of hydrogen-bond donors (Lipinski definition) is 1. The number of aromatic nitrogens is 3. The van der Waals surface area contributed by atoms with Crippen LogP contribution in [0.3, 0.4) is 0 Å². The molecule has 29 heavy (non-hydrogen) atoms. The molecule has 9 heteroatoms. The van der Waals surface area contributed by atoms with E-state index < -0.39 is 4.92 Å². The predicted molar refractivity (Wildman–Crippen MR) is 112 cm³/mol. The van der Waals surface area contributed by atoms with E-state index >= 15 is 0 Å². The van der Waals surface area contributed by atoms with Crippen LogP contribution in [-0.4, -0.2) is 26.4 Å². The smallest absolute Gasteiger partial charge is 0.270 e. The zero-order valence-corrected chi connectivity index (χ0v) is 16.6. The summed E-state index contributed by atoms with van der Waals surface area (Å²) in [5.41, 5.74) is 5.66. The summed E-state index contributed by atoms with van der Waals surface area (Å²) in [4.78, 5) is 10.7. The van der Waals surface area contributed by atoms with Crippen molar-refractivity contribution in [2.24, 2.45) is 0 Å². The van der Waals surface area contributed by atoms with Gasteiger partial charge in [0.05, 0.1) is 17.2 Å². The fourth-order valence-electron chi connectivity index (χ4n) is 2.85. The zero-order valence-electron chi connectivity index (χ0n) is 15.7. The van der Waals surface area contributed by atoms with Crippen LogP contribution in [0.4, 0.5) is 5.69 Å². The molecule has 0 saturated carbocycles. The third kappa shape index (κ3) is 4.09. The molecule has 0 spiro atoms. The van der Waals surface area contributed by atoms with E-state index in [1.807, 2.05) is 35.7 Å². The van der Waals surface area contributed by atoms with Gasteiger partial charge < -0.3 is 4.74 Å². The summed E-state index contributed by atoms with van der Waals surface area (Å²) in [7, 11) is 0. The molecule has 0 aliphatic carbocycles. The van der Waals surface area contributed by atoms with Gasteiger partial charge in [-0.1, -0.05) is 37.2 Å². The van der Waals surface area contributed by atoms with Gasteiger partial charge in [-0.25, -0.2) is 4.68 Å². The van der Waals surface area contributed by atoms with Crippen LogP contribution >= 0.6 is 11.8 Å². The Morgan fingerprint density at radius 2 is 2.00 bits per heavy atom. The molecule has 4 rings (SSSR count). The van der Waals surface area contributed by atoms with Crippen molar-refractivity contribution in [3.63, 3.8) is 0 Å². The van der Waals surface area contributed by atoms with E-state index in [0.717, 1.165) is 35.4 Å². The second-order valence-corrected chi connectivity index (χ2v) is 7.27. The Labute approximate surface area is 171 Å². The summed E-state index contributed by atoms with van der Waals surface area (Å²) < 4.78 is 7.49. The van der Waals surface area contributed by atoms with Crippen molar-refractivity contribution in [1.29, 1.82) is 0 Å². The first-order valence-electron chi connectivity index (χ1n) is 9.23. The Morgan fingerprint density at radius 3 is 2.76 bits per heavy atom. The van der Waals surface area contributed by atoms with Gasteiger partial charge in [-0.3, -0.25) is 15.5 Å². The molecule has 0 bridgehead atoms. The normalized spacial score (nSPS) is 12.7. The van der Waals surface area contributed by atoms with Gasteiger partial charge in [0, 0.05) is 28.7 Å². The number of nitrogens with zero attached hydrogens (tertiary/aromatic N) is 4. The zero-order chi connectivity index (χ0) is 20.2. The minimum atomic E-state index is -0.403. The van der Waals surface area contributed by atoms with Crippen LogP contribution in [0.2, 0.25) is 0 Å². The van der Waals surface area contributed by atoms with E-state index in [0.29, 0.717) is 17.6 Å². The fourth-order valence-corrected chi connectivity index (χ4v) is 3.58. The van der Waals surface area contributed by atoms with Crippen molar-refractivity contribution in [2.75, 3.05) is 12.0 Å². The van der Waals surface area contributed by atoms with Crippen molar-refractivity contribution in [2.45, 2.75) is 24.9 Å². The lowest BCUT2D eigenvalue weighted by Gasteiger charge is -2.19. The van der Waals surface area contributed by atoms with E-state index in [4.69, 9.17) is 4.74 Å². The molecule has 0 radical (unpaired) electrons. The lowest BCUT2D eigenvalue weighted by Crippen LogP contribution is -2.18. The van der Waals surface area contributed by atoms with Crippen LogP contribution in [0.25, 0.3) is 17.1 Å². The summed E-state index contributed by atoms with van der Waals surface area (Å²) >= 11 is 1.41. The average molecular weight is 409 g/mol. The maximum absolute atomic E-state index is 11.1. The highest BCUT2D eigenvalue weighted by molar-refractivity contribution is 8.02. The molecule has 148 valence electrons.